The van der Waals surface area contributed by atoms with Crippen LogP contribution in [0.1, 0.15) is 43.4 Å². The number of rotatable bonds is 7. The van der Waals surface area contributed by atoms with Gasteiger partial charge in [-0.2, -0.15) is 0 Å². The first kappa shape index (κ1) is 15.0. The van der Waals surface area contributed by atoms with Crippen LogP contribution in [0.15, 0.2) is 12.1 Å². The molecule has 2 nitrogen and oxygen atoms in total. The molecule has 0 aliphatic carbocycles. The lowest BCUT2D eigenvalue weighted by atomic mass is 10.1. The van der Waals surface area contributed by atoms with E-state index in [1.165, 1.54) is 23.1 Å². The summed E-state index contributed by atoms with van der Waals surface area (Å²) >= 11 is 0. The third kappa shape index (κ3) is 4.69. The van der Waals surface area contributed by atoms with Crippen LogP contribution in [0.25, 0.3) is 0 Å². The minimum absolute atomic E-state index is 0.524. The van der Waals surface area contributed by atoms with Crippen molar-refractivity contribution in [1.29, 1.82) is 0 Å². The van der Waals surface area contributed by atoms with Crippen molar-refractivity contribution in [2.45, 2.75) is 53.5 Å². The topological polar surface area (TPSA) is 21.3 Å². The number of nitrogens with one attached hydrogen (secondary N) is 1. The van der Waals surface area contributed by atoms with Crippen LogP contribution < -0.4 is 10.1 Å². The second-order valence-electron chi connectivity index (χ2n) is 5.22. The molecule has 18 heavy (non-hydrogen) atoms. The van der Waals surface area contributed by atoms with Crippen molar-refractivity contribution in [3.8, 4) is 5.75 Å². The fraction of sp³-hybridized carbons (Fsp3) is 0.625. The molecule has 1 rings (SSSR count). The van der Waals surface area contributed by atoms with Gasteiger partial charge in [0.15, 0.2) is 0 Å². The first-order valence-electron chi connectivity index (χ1n) is 6.98. The molecule has 102 valence electrons. The second kappa shape index (κ2) is 7.42. The second-order valence-corrected chi connectivity index (χ2v) is 5.22. The Kier molecular flexibility index (Phi) is 6.20. The lowest BCUT2D eigenvalue weighted by Crippen LogP contribution is -2.28. The Balaban J connectivity index is 2.44. The first-order valence-corrected chi connectivity index (χ1v) is 6.98. The van der Waals surface area contributed by atoms with Crippen LogP contribution in [0, 0.1) is 20.8 Å². The molecule has 0 amide bonds. The van der Waals surface area contributed by atoms with Crippen molar-refractivity contribution in [2.24, 2.45) is 0 Å². The predicted octanol–water partition coefficient (Wildman–Crippen LogP) is 3.77. The van der Waals surface area contributed by atoms with Gasteiger partial charge >= 0.3 is 0 Å². The highest BCUT2D eigenvalue weighted by molar-refractivity contribution is 5.42. The van der Waals surface area contributed by atoms with Gasteiger partial charge in [-0.3, -0.25) is 0 Å². The molecule has 1 aromatic carbocycles. The normalized spacial score (nSPS) is 12.5. The van der Waals surface area contributed by atoms with Crippen molar-refractivity contribution in [3.63, 3.8) is 0 Å². The van der Waals surface area contributed by atoms with Crippen LogP contribution >= 0.6 is 0 Å². The number of benzene rings is 1. The molecule has 0 bridgehead atoms. The van der Waals surface area contributed by atoms with Crippen LogP contribution in [0.4, 0.5) is 0 Å². The van der Waals surface area contributed by atoms with E-state index in [1.54, 1.807) is 0 Å². The minimum atomic E-state index is 0.524. The van der Waals surface area contributed by atoms with E-state index in [9.17, 15) is 0 Å². The molecule has 1 N–H and O–H groups in total. The molecule has 0 aliphatic rings. The number of hydrogen-bond acceptors (Lipinski definition) is 2. The van der Waals surface area contributed by atoms with E-state index < -0.39 is 0 Å². The maximum atomic E-state index is 5.93. The largest absolute Gasteiger partial charge is 0.493 e. The molecule has 1 atom stereocenters. The molecule has 1 aromatic rings. The maximum absolute atomic E-state index is 5.93. The van der Waals surface area contributed by atoms with Crippen molar-refractivity contribution in [3.05, 3.63) is 28.8 Å². The molecule has 0 fully saturated rings. The summed E-state index contributed by atoms with van der Waals surface area (Å²) in [5, 5.41) is 3.48. The SMILES string of the molecule is CCCNC(C)CCOc1c(C)cc(C)cc1C. The van der Waals surface area contributed by atoms with Gasteiger partial charge in [0.05, 0.1) is 6.61 Å². The van der Waals surface area contributed by atoms with E-state index in [0.29, 0.717) is 6.04 Å². The Labute approximate surface area is 112 Å². The Morgan fingerprint density at radius 3 is 2.33 bits per heavy atom. The molecule has 0 aliphatic heterocycles. The Bertz CT molecular complexity index is 350. The third-order valence-electron chi connectivity index (χ3n) is 3.14. The van der Waals surface area contributed by atoms with Gasteiger partial charge < -0.3 is 10.1 Å². The summed E-state index contributed by atoms with van der Waals surface area (Å²) < 4.78 is 5.93. The lowest BCUT2D eigenvalue weighted by molar-refractivity contribution is 0.287. The zero-order valence-electron chi connectivity index (χ0n) is 12.5. The smallest absolute Gasteiger partial charge is 0.125 e. The molecule has 0 aromatic heterocycles. The summed E-state index contributed by atoms with van der Waals surface area (Å²) in [6.45, 7) is 12.6. The monoisotopic (exact) mass is 249 g/mol. The van der Waals surface area contributed by atoms with Gasteiger partial charge in [-0.05, 0) is 58.2 Å². The van der Waals surface area contributed by atoms with E-state index in [-0.39, 0.29) is 0 Å². The molecule has 0 radical (unpaired) electrons. The van der Waals surface area contributed by atoms with E-state index in [0.717, 1.165) is 25.3 Å². The van der Waals surface area contributed by atoms with Crippen LogP contribution in [-0.2, 0) is 0 Å². The molecule has 0 heterocycles. The highest BCUT2D eigenvalue weighted by atomic mass is 16.5. The van der Waals surface area contributed by atoms with Crippen molar-refractivity contribution < 1.29 is 4.74 Å². The Hall–Kier alpha value is -1.02. The van der Waals surface area contributed by atoms with Crippen LogP contribution in [0.3, 0.4) is 0 Å². The van der Waals surface area contributed by atoms with Gasteiger partial charge in [0, 0.05) is 6.04 Å². The summed E-state index contributed by atoms with van der Waals surface area (Å²) in [5.41, 5.74) is 3.78. The highest BCUT2D eigenvalue weighted by Gasteiger charge is 2.06. The van der Waals surface area contributed by atoms with Crippen LogP contribution in [0.2, 0.25) is 0 Å². The van der Waals surface area contributed by atoms with Crippen molar-refractivity contribution >= 4 is 0 Å². The quantitative estimate of drug-likeness (QED) is 0.794. The highest BCUT2D eigenvalue weighted by Crippen LogP contribution is 2.24. The van der Waals surface area contributed by atoms with E-state index >= 15 is 0 Å². The van der Waals surface area contributed by atoms with Crippen LogP contribution in [-0.4, -0.2) is 19.2 Å². The summed E-state index contributed by atoms with van der Waals surface area (Å²) in [4.78, 5) is 0. The number of hydrogen-bond donors (Lipinski definition) is 1. The molecule has 2 heteroatoms. The van der Waals surface area contributed by atoms with E-state index in [4.69, 9.17) is 4.74 Å². The Morgan fingerprint density at radius 2 is 1.78 bits per heavy atom. The zero-order valence-corrected chi connectivity index (χ0v) is 12.5. The van der Waals surface area contributed by atoms with Crippen molar-refractivity contribution in [2.75, 3.05) is 13.2 Å². The van der Waals surface area contributed by atoms with Gasteiger partial charge in [0.25, 0.3) is 0 Å². The maximum Gasteiger partial charge on any atom is 0.125 e. The van der Waals surface area contributed by atoms with E-state index in [1.807, 2.05) is 0 Å². The molecular weight excluding hydrogens is 222 g/mol. The molecule has 1 unspecified atom stereocenters. The lowest BCUT2D eigenvalue weighted by Gasteiger charge is -2.16. The van der Waals surface area contributed by atoms with E-state index in [2.05, 4.69) is 52.1 Å². The van der Waals surface area contributed by atoms with Gasteiger partial charge in [-0.15, -0.1) is 0 Å². The summed E-state index contributed by atoms with van der Waals surface area (Å²) in [6.07, 6.45) is 2.23. The fourth-order valence-corrected chi connectivity index (χ4v) is 2.23. The van der Waals surface area contributed by atoms with Gasteiger partial charge in [0.2, 0.25) is 0 Å². The zero-order chi connectivity index (χ0) is 13.5. The average molecular weight is 249 g/mol. The van der Waals surface area contributed by atoms with Crippen LogP contribution in [0.5, 0.6) is 5.75 Å². The molecular formula is C16H27NO. The minimum Gasteiger partial charge on any atom is -0.493 e. The van der Waals surface area contributed by atoms with Gasteiger partial charge in [-0.25, -0.2) is 0 Å². The molecule has 0 saturated carbocycles. The molecule has 0 spiro atoms. The summed E-state index contributed by atoms with van der Waals surface area (Å²) in [5.74, 6) is 1.06. The predicted molar refractivity (Wildman–Crippen MR) is 78.5 cm³/mol. The number of ether oxygens (including phenoxy) is 1. The standard InChI is InChI=1S/C16H27NO/c1-6-8-17-15(5)7-9-18-16-13(3)10-12(2)11-14(16)4/h10-11,15,17H,6-9H2,1-5H3. The summed E-state index contributed by atoms with van der Waals surface area (Å²) in [7, 11) is 0. The number of aryl methyl sites for hydroxylation is 3. The van der Waals surface area contributed by atoms with Gasteiger partial charge in [0.1, 0.15) is 5.75 Å². The fourth-order valence-electron chi connectivity index (χ4n) is 2.23. The van der Waals surface area contributed by atoms with Gasteiger partial charge in [-0.1, -0.05) is 24.6 Å². The first-order chi connectivity index (χ1) is 8.54. The summed E-state index contributed by atoms with van der Waals surface area (Å²) in [6, 6.07) is 4.89. The molecule has 0 saturated heterocycles. The van der Waals surface area contributed by atoms with Crippen molar-refractivity contribution in [1.82, 2.24) is 5.32 Å². The third-order valence-corrected chi connectivity index (χ3v) is 3.14. The average Bonchev–Trinajstić information content (AvgIpc) is 2.29. The Morgan fingerprint density at radius 1 is 1.17 bits per heavy atom.